The van der Waals surface area contributed by atoms with Crippen LogP contribution in [0, 0.1) is 0 Å². The van der Waals surface area contributed by atoms with Crippen LogP contribution in [0.15, 0.2) is 53.7 Å². The molecule has 9 heteroatoms. The Morgan fingerprint density at radius 1 is 1.04 bits per heavy atom. The summed E-state index contributed by atoms with van der Waals surface area (Å²) in [6.45, 7) is 2.75. The van der Waals surface area contributed by atoms with E-state index in [0.29, 0.717) is 37.7 Å². The van der Waals surface area contributed by atoms with Gasteiger partial charge in [-0.05, 0) is 30.3 Å². The SMILES string of the molecule is O=S(=O)(c1cc(Cl)ccc1Cl)N1CCN(Cc2cn3ccccc3n2)CC1. The number of imidazole rings is 1. The highest BCUT2D eigenvalue weighted by molar-refractivity contribution is 7.89. The van der Waals surface area contributed by atoms with Crippen molar-refractivity contribution in [3.63, 3.8) is 0 Å². The Hall–Kier alpha value is -1.64. The maximum atomic E-state index is 12.9. The summed E-state index contributed by atoms with van der Waals surface area (Å²) < 4.78 is 29.2. The smallest absolute Gasteiger partial charge is 0.244 e. The summed E-state index contributed by atoms with van der Waals surface area (Å²) in [5, 5.41) is 0.537. The minimum Gasteiger partial charge on any atom is -0.307 e. The van der Waals surface area contributed by atoms with E-state index in [1.54, 1.807) is 6.07 Å². The molecule has 1 aliphatic heterocycles. The molecule has 142 valence electrons. The Bertz CT molecular complexity index is 1040. The molecule has 0 amide bonds. The number of nitrogens with zero attached hydrogens (tertiary/aromatic N) is 4. The van der Waals surface area contributed by atoms with Crippen molar-refractivity contribution in [1.29, 1.82) is 0 Å². The molecule has 0 aliphatic carbocycles. The number of hydrogen-bond donors (Lipinski definition) is 0. The van der Waals surface area contributed by atoms with Crippen molar-refractivity contribution in [1.82, 2.24) is 18.6 Å². The van der Waals surface area contributed by atoms with Gasteiger partial charge in [-0.1, -0.05) is 29.3 Å². The fraction of sp³-hybridized carbons (Fsp3) is 0.278. The lowest BCUT2D eigenvalue weighted by Gasteiger charge is -2.33. The standard InChI is InChI=1S/C18H18Cl2N4O2S/c19-14-4-5-16(20)17(11-14)27(25,26)24-9-7-22(8-10-24)12-15-13-23-6-2-1-3-18(23)21-15/h1-6,11,13H,7-10,12H2. The molecule has 0 saturated carbocycles. The second-order valence-electron chi connectivity index (χ2n) is 6.45. The first-order valence-corrected chi connectivity index (χ1v) is 10.7. The fourth-order valence-electron chi connectivity index (χ4n) is 3.23. The molecule has 3 aromatic rings. The lowest BCUT2D eigenvalue weighted by atomic mass is 10.3. The van der Waals surface area contributed by atoms with Crippen LogP contribution in [0.3, 0.4) is 0 Å². The third kappa shape index (κ3) is 3.83. The van der Waals surface area contributed by atoms with Gasteiger partial charge in [0.25, 0.3) is 0 Å². The van der Waals surface area contributed by atoms with Crippen molar-refractivity contribution in [2.24, 2.45) is 0 Å². The molecule has 2 aromatic heterocycles. The Morgan fingerprint density at radius 2 is 1.81 bits per heavy atom. The van der Waals surface area contributed by atoms with Crippen molar-refractivity contribution in [2.45, 2.75) is 11.4 Å². The fourth-order valence-corrected chi connectivity index (χ4v) is 5.39. The van der Waals surface area contributed by atoms with Crippen LogP contribution >= 0.6 is 23.2 Å². The average molecular weight is 425 g/mol. The van der Waals surface area contributed by atoms with E-state index in [-0.39, 0.29) is 9.92 Å². The van der Waals surface area contributed by atoms with Gasteiger partial charge in [-0.25, -0.2) is 13.4 Å². The average Bonchev–Trinajstić information content (AvgIpc) is 3.06. The van der Waals surface area contributed by atoms with Crippen molar-refractivity contribution in [2.75, 3.05) is 26.2 Å². The monoisotopic (exact) mass is 424 g/mol. The van der Waals surface area contributed by atoms with Crippen LogP contribution < -0.4 is 0 Å². The van der Waals surface area contributed by atoms with E-state index in [9.17, 15) is 8.42 Å². The summed E-state index contributed by atoms with van der Waals surface area (Å²) in [6, 6.07) is 10.4. The predicted molar refractivity (Wildman–Crippen MR) is 106 cm³/mol. The molecule has 0 unspecified atom stereocenters. The number of benzene rings is 1. The highest BCUT2D eigenvalue weighted by atomic mass is 35.5. The Labute approximate surface area is 168 Å². The highest BCUT2D eigenvalue weighted by Crippen LogP contribution is 2.28. The predicted octanol–water partition coefficient (Wildman–Crippen LogP) is 3.15. The van der Waals surface area contributed by atoms with Crippen molar-refractivity contribution in [3.8, 4) is 0 Å². The Kier molecular flexibility index (Phi) is 5.13. The maximum absolute atomic E-state index is 12.9. The van der Waals surface area contributed by atoms with Crippen LogP contribution in [-0.4, -0.2) is 53.2 Å². The van der Waals surface area contributed by atoms with Gasteiger partial charge in [0.15, 0.2) is 0 Å². The van der Waals surface area contributed by atoms with E-state index in [1.807, 2.05) is 35.0 Å². The summed E-state index contributed by atoms with van der Waals surface area (Å²) in [5.74, 6) is 0. The zero-order valence-corrected chi connectivity index (χ0v) is 16.8. The van der Waals surface area contributed by atoms with Crippen LogP contribution in [-0.2, 0) is 16.6 Å². The van der Waals surface area contributed by atoms with Crippen LogP contribution in [0.4, 0.5) is 0 Å². The summed E-state index contributed by atoms with van der Waals surface area (Å²) in [5.41, 5.74) is 1.87. The minimum absolute atomic E-state index is 0.0606. The molecule has 1 saturated heterocycles. The van der Waals surface area contributed by atoms with E-state index in [0.717, 1.165) is 11.3 Å². The van der Waals surface area contributed by atoms with E-state index in [1.165, 1.54) is 16.4 Å². The number of rotatable bonds is 4. The van der Waals surface area contributed by atoms with Gasteiger partial charge in [0.05, 0.1) is 10.7 Å². The van der Waals surface area contributed by atoms with Gasteiger partial charge >= 0.3 is 0 Å². The third-order valence-corrected chi connectivity index (χ3v) is 7.26. The molecular weight excluding hydrogens is 407 g/mol. The van der Waals surface area contributed by atoms with E-state index in [4.69, 9.17) is 23.2 Å². The number of hydrogen-bond acceptors (Lipinski definition) is 4. The molecule has 3 heterocycles. The van der Waals surface area contributed by atoms with Crippen LogP contribution in [0.2, 0.25) is 10.0 Å². The van der Waals surface area contributed by atoms with Crippen LogP contribution in [0.1, 0.15) is 5.69 Å². The summed E-state index contributed by atoms with van der Waals surface area (Å²) in [4.78, 5) is 6.86. The molecule has 1 aromatic carbocycles. The minimum atomic E-state index is -3.66. The topological polar surface area (TPSA) is 57.9 Å². The van der Waals surface area contributed by atoms with Gasteiger partial charge in [-0.2, -0.15) is 4.31 Å². The second-order valence-corrected chi connectivity index (χ2v) is 9.20. The first kappa shape index (κ1) is 18.7. The van der Waals surface area contributed by atoms with Crippen molar-refractivity contribution < 1.29 is 8.42 Å². The quantitative estimate of drug-likeness (QED) is 0.645. The van der Waals surface area contributed by atoms with Gasteiger partial charge in [0.1, 0.15) is 10.5 Å². The Morgan fingerprint density at radius 3 is 2.56 bits per heavy atom. The molecule has 0 radical (unpaired) electrons. The number of aromatic nitrogens is 2. The number of pyridine rings is 1. The molecule has 6 nitrogen and oxygen atoms in total. The molecule has 4 rings (SSSR count). The third-order valence-electron chi connectivity index (χ3n) is 4.64. The molecular formula is C18H18Cl2N4O2S. The van der Waals surface area contributed by atoms with Gasteiger partial charge in [-0.15, -0.1) is 0 Å². The largest absolute Gasteiger partial charge is 0.307 e. The summed E-state index contributed by atoms with van der Waals surface area (Å²) in [7, 11) is -3.66. The van der Waals surface area contributed by atoms with E-state index in [2.05, 4.69) is 9.88 Å². The number of halogens is 2. The van der Waals surface area contributed by atoms with Gasteiger partial charge in [-0.3, -0.25) is 4.90 Å². The number of sulfonamides is 1. The van der Waals surface area contributed by atoms with Gasteiger partial charge in [0.2, 0.25) is 10.0 Å². The zero-order valence-electron chi connectivity index (χ0n) is 14.4. The summed E-state index contributed by atoms with van der Waals surface area (Å²) >= 11 is 12.0. The van der Waals surface area contributed by atoms with Gasteiger partial charge < -0.3 is 4.40 Å². The molecule has 0 atom stereocenters. The van der Waals surface area contributed by atoms with Gasteiger partial charge in [0, 0.05) is 50.1 Å². The normalized spacial score (nSPS) is 16.8. The van der Waals surface area contributed by atoms with Crippen molar-refractivity contribution >= 4 is 38.9 Å². The lowest BCUT2D eigenvalue weighted by Crippen LogP contribution is -2.48. The maximum Gasteiger partial charge on any atom is 0.244 e. The van der Waals surface area contributed by atoms with E-state index >= 15 is 0 Å². The van der Waals surface area contributed by atoms with Crippen LogP contribution in [0.5, 0.6) is 0 Å². The van der Waals surface area contributed by atoms with Crippen LogP contribution in [0.25, 0.3) is 5.65 Å². The molecule has 1 aliphatic rings. The molecule has 27 heavy (non-hydrogen) atoms. The van der Waals surface area contributed by atoms with E-state index < -0.39 is 10.0 Å². The second kappa shape index (κ2) is 7.41. The first-order chi connectivity index (χ1) is 12.9. The molecule has 0 spiro atoms. The molecule has 0 bridgehead atoms. The van der Waals surface area contributed by atoms with Crippen molar-refractivity contribution in [3.05, 3.63) is 64.5 Å². The highest BCUT2D eigenvalue weighted by Gasteiger charge is 2.30. The first-order valence-electron chi connectivity index (χ1n) is 8.54. The zero-order chi connectivity index (χ0) is 19.0. The Balaban J connectivity index is 1.44. The molecule has 0 N–H and O–H groups in total. The number of fused-ring (bicyclic) bond motifs is 1. The number of piperazine rings is 1. The lowest BCUT2D eigenvalue weighted by molar-refractivity contribution is 0.180. The molecule has 1 fully saturated rings. The summed E-state index contributed by atoms with van der Waals surface area (Å²) in [6.07, 6.45) is 3.97.